The van der Waals surface area contributed by atoms with Gasteiger partial charge < -0.3 is 9.25 Å². The van der Waals surface area contributed by atoms with Crippen LogP contribution in [0.25, 0.3) is 11.1 Å². The SMILES string of the molecule is O=C(ON1C(=O)c2ccccc2C1=O)c1ccc2nc(C(F)(F)C(F)(F)F)oc2c1. The maximum absolute atomic E-state index is 13.4. The van der Waals surface area contributed by atoms with Crippen LogP contribution in [0.2, 0.25) is 0 Å². The average molecular weight is 426 g/mol. The molecule has 0 spiro atoms. The lowest BCUT2D eigenvalue weighted by Gasteiger charge is -2.15. The maximum atomic E-state index is 13.4. The Kier molecular flexibility index (Phi) is 4.12. The van der Waals surface area contributed by atoms with Gasteiger partial charge in [0, 0.05) is 0 Å². The number of carbonyl (C=O) groups is 3. The molecule has 154 valence electrons. The number of imide groups is 1. The Hall–Kier alpha value is -3.83. The number of rotatable bonds is 3. The lowest BCUT2D eigenvalue weighted by Crippen LogP contribution is -2.33. The second-order valence-corrected chi connectivity index (χ2v) is 6.10. The molecule has 0 radical (unpaired) electrons. The van der Waals surface area contributed by atoms with Gasteiger partial charge in [0.05, 0.1) is 16.7 Å². The highest BCUT2D eigenvalue weighted by Crippen LogP contribution is 2.44. The van der Waals surface area contributed by atoms with Crippen molar-refractivity contribution in [3.63, 3.8) is 0 Å². The Morgan fingerprint density at radius 1 is 0.967 bits per heavy atom. The number of carbonyl (C=O) groups excluding carboxylic acids is 3. The zero-order valence-electron chi connectivity index (χ0n) is 14.4. The molecular weight excluding hydrogens is 419 g/mol. The number of oxazole rings is 1. The van der Waals surface area contributed by atoms with Crippen molar-refractivity contribution in [2.75, 3.05) is 0 Å². The van der Waals surface area contributed by atoms with Gasteiger partial charge in [-0.25, -0.2) is 9.78 Å². The molecule has 2 aromatic carbocycles. The summed E-state index contributed by atoms with van der Waals surface area (Å²) in [7, 11) is 0. The lowest BCUT2D eigenvalue weighted by molar-refractivity contribution is -0.297. The van der Waals surface area contributed by atoms with Crippen LogP contribution in [0.1, 0.15) is 37.0 Å². The average Bonchev–Trinajstić information content (AvgIpc) is 3.22. The van der Waals surface area contributed by atoms with Gasteiger partial charge >= 0.3 is 18.1 Å². The van der Waals surface area contributed by atoms with Gasteiger partial charge in [-0.15, -0.1) is 0 Å². The summed E-state index contributed by atoms with van der Waals surface area (Å²) in [6, 6.07) is 8.47. The molecule has 0 aliphatic carbocycles. The topological polar surface area (TPSA) is 89.7 Å². The number of fused-ring (bicyclic) bond motifs is 2. The highest BCUT2D eigenvalue weighted by molar-refractivity contribution is 6.21. The first-order chi connectivity index (χ1) is 14.0. The number of hydrogen-bond donors (Lipinski definition) is 0. The summed E-state index contributed by atoms with van der Waals surface area (Å²) in [6.07, 6.45) is -5.93. The second-order valence-electron chi connectivity index (χ2n) is 6.10. The summed E-state index contributed by atoms with van der Waals surface area (Å²) in [5, 5.41) is 0.223. The molecule has 0 saturated carbocycles. The van der Waals surface area contributed by atoms with Crippen LogP contribution in [0.3, 0.4) is 0 Å². The number of nitrogens with zero attached hydrogens (tertiary/aromatic N) is 2. The van der Waals surface area contributed by atoms with E-state index in [1.165, 1.54) is 24.3 Å². The molecule has 0 saturated heterocycles. The number of hydroxylamine groups is 2. The van der Waals surface area contributed by atoms with E-state index < -0.39 is 41.4 Å². The number of benzene rings is 2. The summed E-state index contributed by atoms with van der Waals surface area (Å²) >= 11 is 0. The first kappa shape index (κ1) is 19.5. The predicted octanol–water partition coefficient (Wildman–Crippen LogP) is 3.85. The second kappa shape index (κ2) is 6.34. The molecule has 0 atom stereocenters. The van der Waals surface area contributed by atoms with Gasteiger partial charge in [0.2, 0.25) is 0 Å². The van der Waals surface area contributed by atoms with Crippen LogP contribution in [-0.2, 0) is 10.8 Å². The van der Waals surface area contributed by atoms with E-state index in [0.717, 1.165) is 18.2 Å². The standard InChI is InChI=1S/C18H7F5N2O5/c19-17(20,18(21,22)23)16-24-11-6-5-8(7-12(11)29-16)15(28)30-25-13(26)9-3-1-2-4-10(9)14(25)27/h1-7H. The molecule has 0 N–H and O–H groups in total. The summed E-state index contributed by atoms with van der Waals surface area (Å²) in [5.41, 5.74) is -1.27. The maximum Gasteiger partial charge on any atom is 0.463 e. The molecular formula is C18H7F5N2O5. The first-order valence-electron chi connectivity index (χ1n) is 8.06. The Labute approximate surface area is 162 Å². The quantitative estimate of drug-likeness (QED) is 0.467. The fraction of sp³-hybridized carbons (Fsp3) is 0.111. The molecule has 2 heterocycles. The van der Waals surface area contributed by atoms with E-state index in [-0.39, 0.29) is 27.3 Å². The number of alkyl halides is 5. The van der Waals surface area contributed by atoms with E-state index in [2.05, 4.69) is 9.40 Å². The van der Waals surface area contributed by atoms with Crippen LogP contribution in [0.15, 0.2) is 46.9 Å². The molecule has 1 aliphatic rings. The summed E-state index contributed by atoms with van der Waals surface area (Å²) < 4.78 is 68.7. The third-order valence-electron chi connectivity index (χ3n) is 4.18. The van der Waals surface area contributed by atoms with Crippen LogP contribution in [0, 0.1) is 0 Å². The third-order valence-corrected chi connectivity index (χ3v) is 4.18. The Balaban J connectivity index is 1.61. The minimum atomic E-state index is -5.93. The van der Waals surface area contributed by atoms with Crippen LogP contribution in [-0.4, -0.2) is 34.0 Å². The third kappa shape index (κ3) is 2.88. The molecule has 7 nitrogen and oxygen atoms in total. The fourth-order valence-corrected chi connectivity index (χ4v) is 2.69. The molecule has 0 fully saturated rings. The Morgan fingerprint density at radius 3 is 2.13 bits per heavy atom. The van der Waals surface area contributed by atoms with Crippen molar-refractivity contribution < 1.29 is 45.6 Å². The lowest BCUT2D eigenvalue weighted by atomic mass is 10.1. The van der Waals surface area contributed by atoms with Gasteiger partial charge in [-0.3, -0.25) is 9.59 Å². The molecule has 0 unspecified atom stereocenters. The number of aromatic nitrogens is 1. The summed E-state index contributed by atoms with van der Waals surface area (Å²) in [5.74, 6) is -10.3. The fourth-order valence-electron chi connectivity index (χ4n) is 2.69. The van der Waals surface area contributed by atoms with Gasteiger partial charge in [0.15, 0.2) is 5.58 Å². The Morgan fingerprint density at radius 2 is 1.57 bits per heavy atom. The van der Waals surface area contributed by atoms with Crippen molar-refractivity contribution in [1.29, 1.82) is 0 Å². The molecule has 3 aromatic rings. The van der Waals surface area contributed by atoms with Crippen LogP contribution >= 0.6 is 0 Å². The van der Waals surface area contributed by atoms with Crippen molar-refractivity contribution in [3.8, 4) is 0 Å². The van der Waals surface area contributed by atoms with Gasteiger partial charge in [-0.05, 0) is 30.3 Å². The van der Waals surface area contributed by atoms with Crippen molar-refractivity contribution in [1.82, 2.24) is 10.0 Å². The normalized spacial score (nSPS) is 14.4. The smallest absolute Gasteiger partial charge is 0.435 e. The molecule has 4 rings (SSSR count). The van der Waals surface area contributed by atoms with Crippen molar-refractivity contribution in [2.45, 2.75) is 12.1 Å². The zero-order chi connectivity index (χ0) is 21.8. The van der Waals surface area contributed by atoms with E-state index in [4.69, 9.17) is 4.84 Å². The molecule has 0 bridgehead atoms. The van der Waals surface area contributed by atoms with E-state index in [9.17, 15) is 36.3 Å². The van der Waals surface area contributed by atoms with Gasteiger partial charge in [0.25, 0.3) is 17.7 Å². The largest absolute Gasteiger partial charge is 0.463 e. The van der Waals surface area contributed by atoms with Gasteiger partial charge in [-0.1, -0.05) is 17.2 Å². The minimum Gasteiger partial charge on any atom is -0.435 e. The number of amides is 2. The molecule has 2 amide bonds. The minimum absolute atomic E-state index is 0.0139. The number of halogens is 5. The highest BCUT2D eigenvalue weighted by Gasteiger charge is 2.62. The molecule has 1 aliphatic heterocycles. The predicted molar refractivity (Wildman–Crippen MR) is 86.3 cm³/mol. The van der Waals surface area contributed by atoms with E-state index in [1.54, 1.807) is 0 Å². The number of hydrogen-bond acceptors (Lipinski definition) is 6. The summed E-state index contributed by atoms with van der Waals surface area (Å²) in [6.45, 7) is 0. The van der Waals surface area contributed by atoms with E-state index in [0.29, 0.717) is 0 Å². The van der Waals surface area contributed by atoms with E-state index in [1.807, 2.05) is 0 Å². The monoisotopic (exact) mass is 426 g/mol. The molecule has 12 heteroatoms. The van der Waals surface area contributed by atoms with Crippen molar-refractivity contribution in [3.05, 3.63) is 65.0 Å². The summed E-state index contributed by atoms with van der Waals surface area (Å²) in [4.78, 5) is 44.6. The van der Waals surface area contributed by atoms with Crippen LogP contribution < -0.4 is 0 Å². The van der Waals surface area contributed by atoms with Gasteiger partial charge in [-0.2, -0.15) is 22.0 Å². The molecule has 1 aromatic heterocycles. The van der Waals surface area contributed by atoms with Crippen LogP contribution in [0.5, 0.6) is 0 Å². The van der Waals surface area contributed by atoms with Crippen molar-refractivity contribution >= 4 is 28.9 Å². The highest BCUT2D eigenvalue weighted by atomic mass is 19.4. The zero-order valence-corrected chi connectivity index (χ0v) is 14.4. The van der Waals surface area contributed by atoms with Crippen molar-refractivity contribution in [2.24, 2.45) is 0 Å². The van der Waals surface area contributed by atoms with Gasteiger partial charge in [0.1, 0.15) is 5.52 Å². The Bertz CT molecular complexity index is 1180. The van der Waals surface area contributed by atoms with Crippen LogP contribution in [0.4, 0.5) is 22.0 Å². The first-order valence-corrected chi connectivity index (χ1v) is 8.06. The molecule has 30 heavy (non-hydrogen) atoms. The van der Waals surface area contributed by atoms with E-state index >= 15 is 0 Å².